The molecule has 1 amide bonds. The average Bonchev–Trinajstić information content (AvgIpc) is 3.18. The first-order valence-corrected chi connectivity index (χ1v) is 13.8. The number of nitrogens with one attached hydrogen (secondary N) is 1. The number of aromatic hydroxyl groups is 1. The summed E-state index contributed by atoms with van der Waals surface area (Å²) in [6, 6.07) is 1.16. The molecule has 3 fully saturated rings. The Bertz CT molecular complexity index is 1320. The molecule has 4 aliphatic rings. The first-order valence-electron chi connectivity index (χ1n) is 13.8. The molecule has 216 valence electrons. The van der Waals surface area contributed by atoms with Gasteiger partial charge in [-0.05, 0) is 65.6 Å². The number of nitrogens with zero attached hydrogens (tertiary/aromatic N) is 2. The highest BCUT2D eigenvalue weighted by Crippen LogP contribution is 2.52. The number of hydrogen-bond donors (Lipinski definition) is 4. The maximum atomic E-state index is 14.0. The predicted octanol–water partition coefficient (Wildman–Crippen LogP) is 0.699. The number of likely N-dealkylation sites (N-methyl/N-ethyl adjacent to an activating group) is 1. The lowest BCUT2D eigenvalue weighted by molar-refractivity contribution is -0.157. The highest BCUT2D eigenvalue weighted by molar-refractivity contribution is 6.33. The number of Topliss-reactive ketones (excluding diaryl/α,β-unsaturated/α-hetero) is 3. The number of carbonyl (C=O) groups excluding carboxylic acids is 4. The van der Waals surface area contributed by atoms with Crippen LogP contribution in [0.4, 0.5) is 0 Å². The molecule has 1 aromatic carbocycles. The standard InChI is InChI=1S/C29H38N4O7/c1-12-6-7-13(2)33(12)11-15-10-18(34)20-16(25(15)40-5)8-14-9-17-22(32(3)4)24(36)21(28(31)38)26(30)29(17,39)27(37)19(14)23(20)35/h10,12-14,17,19,21-22,30,34,39H,6-9,11H2,1-5H3,(H2,31,38). The molecule has 5 N–H and O–H groups in total. The number of aliphatic hydroxyl groups is 1. The molecule has 0 radical (unpaired) electrons. The molecule has 1 aliphatic heterocycles. The van der Waals surface area contributed by atoms with Crippen molar-refractivity contribution in [2.45, 2.75) is 69.8 Å². The maximum Gasteiger partial charge on any atom is 0.233 e. The fraction of sp³-hybridized carbons (Fsp3) is 0.621. The van der Waals surface area contributed by atoms with Crippen LogP contribution in [0.25, 0.3) is 0 Å². The summed E-state index contributed by atoms with van der Waals surface area (Å²) in [6.45, 7) is 4.84. The molecule has 40 heavy (non-hydrogen) atoms. The third-order valence-corrected chi connectivity index (χ3v) is 9.84. The normalized spacial score (nSPS) is 35.9. The smallest absolute Gasteiger partial charge is 0.233 e. The predicted molar refractivity (Wildman–Crippen MR) is 144 cm³/mol. The second-order valence-corrected chi connectivity index (χ2v) is 12.2. The topological polar surface area (TPSA) is 174 Å². The van der Waals surface area contributed by atoms with Crippen LogP contribution in [0, 0.1) is 29.1 Å². The quantitative estimate of drug-likeness (QED) is 0.382. The fourth-order valence-corrected chi connectivity index (χ4v) is 7.90. The Morgan fingerprint density at radius 3 is 2.40 bits per heavy atom. The van der Waals surface area contributed by atoms with Crippen LogP contribution in [0.2, 0.25) is 0 Å². The van der Waals surface area contributed by atoms with Gasteiger partial charge in [0.25, 0.3) is 0 Å². The number of likely N-dealkylation sites (tertiary alicyclic amines) is 1. The molecule has 1 aromatic rings. The minimum absolute atomic E-state index is 0.0196. The van der Waals surface area contributed by atoms with Gasteiger partial charge in [0.2, 0.25) is 5.91 Å². The van der Waals surface area contributed by atoms with Gasteiger partial charge in [-0.25, -0.2) is 0 Å². The number of carbonyl (C=O) groups is 4. The highest BCUT2D eigenvalue weighted by Gasteiger charge is 2.67. The number of nitrogens with two attached hydrogens (primary N) is 1. The van der Waals surface area contributed by atoms with Crippen LogP contribution in [0.3, 0.4) is 0 Å². The van der Waals surface area contributed by atoms with Crippen molar-refractivity contribution in [3.05, 3.63) is 22.8 Å². The molecule has 1 heterocycles. The Labute approximate surface area is 233 Å². The van der Waals surface area contributed by atoms with E-state index >= 15 is 0 Å². The van der Waals surface area contributed by atoms with E-state index in [1.165, 1.54) is 18.1 Å². The van der Waals surface area contributed by atoms with Gasteiger partial charge in [0.05, 0.1) is 30.3 Å². The van der Waals surface area contributed by atoms with Crippen molar-refractivity contribution in [3.8, 4) is 11.5 Å². The third kappa shape index (κ3) is 3.85. The third-order valence-electron chi connectivity index (χ3n) is 9.84. The zero-order chi connectivity index (χ0) is 29.4. The summed E-state index contributed by atoms with van der Waals surface area (Å²) in [6.07, 6.45) is 2.41. The molecule has 5 rings (SSSR count). The van der Waals surface area contributed by atoms with E-state index in [0.29, 0.717) is 29.9 Å². The molecule has 8 unspecified atom stereocenters. The van der Waals surface area contributed by atoms with Crippen molar-refractivity contribution < 1.29 is 34.1 Å². The van der Waals surface area contributed by atoms with E-state index in [9.17, 15) is 29.4 Å². The number of amides is 1. The van der Waals surface area contributed by atoms with Crippen LogP contribution in [-0.4, -0.2) is 93.9 Å². The SMILES string of the molecule is COc1c(CN2C(C)CCC2C)cc(O)c2c1CC1CC3C(N(C)C)C(=O)C(C(N)=O)C(=N)C3(O)C(=O)C1C2=O. The zero-order valence-electron chi connectivity index (χ0n) is 23.6. The van der Waals surface area contributed by atoms with E-state index in [4.69, 9.17) is 15.9 Å². The number of fused-ring (bicyclic) bond motifs is 3. The van der Waals surface area contributed by atoms with Crippen molar-refractivity contribution in [1.29, 1.82) is 5.41 Å². The second kappa shape index (κ2) is 9.74. The van der Waals surface area contributed by atoms with Crippen LogP contribution in [0.1, 0.15) is 54.6 Å². The lowest BCUT2D eigenvalue weighted by Crippen LogP contribution is -2.73. The number of methoxy groups -OCH3 is 1. The van der Waals surface area contributed by atoms with Crippen LogP contribution in [-0.2, 0) is 27.3 Å². The molecule has 1 saturated heterocycles. The van der Waals surface area contributed by atoms with Gasteiger partial charge in [-0.3, -0.25) is 29.0 Å². The molecule has 2 saturated carbocycles. The van der Waals surface area contributed by atoms with Gasteiger partial charge < -0.3 is 26.1 Å². The van der Waals surface area contributed by atoms with Crippen LogP contribution in [0.5, 0.6) is 11.5 Å². The number of primary amides is 1. The Morgan fingerprint density at radius 1 is 1.23 bits per heavy atom. The Balaban J connectivity index is 1.60. The first-order chi connectivity index (χ1) is 18.7. The van der Waals surface area contributed by atoms with Crippen LogP contribution in [0.15, 0.2) is 6.07 Å². The van der Waals surface area contributed by atoms with Gasteiger partial charge in [-0.2, -0.15) is 0 Å². The summed E-state index contributed by atoms with van der Waals surface area (Å²) >= 11 is 0. The number of ketones is 3. The maximum absolute atomic E-state index is 14.0. The monoisotopic (exact) mass is 554 g/mol. The molecule has 11 heteroatoms. The number of hydrogen-bond acceptors (Lipinski definition) is 10. The van der Waals surface area contributed by atoms with Gasteiger partial charge in [0.15, 0.2) is 23.0 Å². The summed E-state index contributed by atoms with van der Waals surface area (Å²) in [7, 11) is 4.71. The van der Waals surface area contributed by atoms with E-state index in [0.717, 1.165) is 18.4 Å². The van der Waals surface area contributed by atoms with Gasteiger partial charge in [-0.15, -0.1) is 0 Å². The van der Waals surface area contributed by atoms with E-state index in [-0.39, 0.29) is 24.2 Å². The fourth-order valence-electron chi connectivity index (χ4n) is 7.90. The molecular formula is C29H38N4O7. The zero-order valence-corrected chi connectivity index (χ0v) is 23.6. The van der Waals surface area contributed by atoms with Crippen molar-refractivity contribution in [2.24, 2.45) is 29.4 Å². The Hall–Kier alpha value is -3.15. The lowest BCUT2D eigenvalue weighted by Gasteiger charge is -2.53. The van der Waals surface area contributed by atoms with E-state index < -0.39 is 64.3 Å². The lowest BCUT2D eigenvalue weighted by atomic mass is 9.52. The Morgan fingerprint density at radius 2 is 1.85 bits per heavy atom. The number of phenolic OH excluding ortho intramolecular Hbond substituents is 1. The van der Waals surface area contributed by atoms with Gasteiger partial charge in [-0.1, -0.05) is 0 Å². The van der Waals surface area contributed by atoms with E-state index in [2.05, 4.69) is 18.7 Å². The first kappa shape index (κ1) is 28.4. The van der Waals surface area contributed by atoms with Crippen LogP contribution < -0.4 is 10.5 Å². The summed E-state index contributed by atoms with van der Waals surface area (Å²) in [5, 5.41) is 31.5. The molecule has 3 aliphatic carbocycles. The van der Waals surface area contributed by atoms with Gasteiger partial charge in [0, 0.05) is 35.7 Å². The molecule has 11 nitrogen and oxygen atoms in total. The highest BCUT2D eigenvalue weighted by atomic mass is 16.5. The van der Waals surface area contributed by atoms with Crippen molar-refractivity contribution in [1.82, 2.24) is 9.80 Å². The number of ether oxygens (including phenoxy) is 1. The Kier molecular flexibility index (Phi) is 6.91. The number of benzene rings is 1. The number of phenols is 1. The van der Waals surface area contributed by atoms with E-state index in [1.807, 2.05) is 0 Å². The summed E-state index contributed by atoms with van der Waals surface area (Å²) in [4.78, 5) is 57.3. The van der Waals surface area contributed by atoms with Crippen molar-refractivity contribution in [3.63, 3.8) is 0 Å². The minimum atomic E-state index is -2.52. The summed E-state index contributed by atoms with van der Waals surface area (Å²) in [5.41, 5.74) is 3.38. The molecular weight excluding hydrogens is 516 g/mol. The average molecular weight is 555 g/mol. The summed E-state index contributed by atoms with van der Waals surface area (Å²) < 4.78 is 5.82. The number of rotatable bonds is 5. The van der Waals surface area contributed by atoms with E-state index in [1.54, 1.807) is 14.1 Å². The summed E-state index contributed by atoms with van der Waals surface area (Å²) in [5.74, 6) is -7.88. The second-order valence-electron chi connectivity index (χ2n) is 12.2. The minimum Gasteiger partial charge on any atom is -0.507 e. The van der Waals surface area contributed by atoms with Crippen molar-refractivity contribution in [2.75, 3.05) is 21.2 Å². The largest absolute Gasteiger partial charge is 0.507 e. The molecule has 0 bridgehead atoms. The molecule has 0 aromatic heterocycles. The molecule has 8 atom stereocenters. The molecule has 0 spiro atoms. The van der Waals surface area contributed by atoms with Gasteiger partial charge >= 0.3 is 0 Å². The van der Waals surface area contributed by atoms with Gasteiger partial charge in [0.1, 0.15) is 17.4 Å². The van der Waals surface area contributed by atoms with Crippen molar-refractivity contribution >= 4 is 29.0 Å². The van der Waals surface area contributed by atoms with Crippen LogP contribution >= 0.6 is 0 Å².